The van der Waals surface area contributed by atoms with Crippen LogP contribution in [0.4, 0.5) is 5.82 Å². The first-order chi connectivity index (χ1) is 18.5. The number of nitrogens with zero attached hydrogens (tertiary/aromatic N) is 5. The first-order valence-corrected chi connectivity index (χ1v) is 12.2. The molecule has 2 aromatic carbocycles. The number of hydrogen-bond donors (Lipinski definition) is 2. The molecule has 0 fully saturated rings. The Morgan fingerprint density at radius 3 is 2.26 bits per heavy atom. The van der Waals surface area contributed by atoms with Crippen molar-refractivity contribution < 1.29 is 9.59 Å². The van der Waals surface area contributed by atoms with Gasteiger partial charge in [-0.1, -0.05) is 47.5 Å². The molecule has 0 spiro atoms. The Balaban J connectivity index is 1.45. The Hall–Kier alpha value is -4.60. The smallest absolute Gasteiger partial charge is 0.272 e. The number of halogens is 2. The average Bonchev–Trinajstić information content (AvgIpc) is 3.37. The lowest BCUT2D eigenvalue weighted by Gasteiger charge is -2.12. The minimum absolute atomic E-state index is 0.0939. The fourth-order valence-electron chi connectivity index (χ4n) is 3.64. The van der Waals surface area contributed by atoms with Crippen molar-refractivity contribution in [3.63, 3.8) is 0 Å². The molecule has 3 aromatic heterocycles. The fraction of sp³-hybridized carbons (Fsp3) is 0.0370. The van der Waals surface area contributed by atoms with E-state index in [1.165, 1.54) is 16.8 Å². The standard InChI is InChI=1S/C27H19Cl2N7O2/c28-20-14-21(29)19(13-18(20)22-9-4-5-10-30-22)26(37)34-25-15-23(35-36(25)17-7-2-1-3-8-17)27(38)33-16-24-31-11-6-12-32-24/h1-15H,16H2,(H,33,38)(H,34,37). The van der Waals surface area contributed by atoms with Gasteiger partial charge in [-0.05, 0) is 42.5 Å². The number of carbonyl (C=O) groups excluding carboxylic acids is 2. The molecule has 0 aliphatic carbocycles. The van der Waals surface area contributed by atoms with Gasteiger partial charge in [-0.3, -0.25) is 14.6 Å². The number of hydrogen-bond acceptors (Lipinski definition) is 6. The van der Waals surface area contributed by atoms with Crippen molar-refractivity contribution in [2.45, 2.75) is 6.54 Å². The Morgan fingerprint density at radius 1 is 0.789 bits per heavy atom. The maximum atomic E-state index is 13.4. The molecule has 3 heterocycles. The second-order valence-electron chi connectivity index (χ2n) is 7.99. The molecular weight excluding hydrogens is 525 g/mol. The second-order valence-corrected chi connectivity index (χ2v) is 8.81. The summed E-state index contributed by atoms with van der Waals surface area (Å²) >= 11 is 12.8. The molecule has 38 heavy (non-hydrogen) atoms. The van der Waals surface area contributed by atoms with Gasteiger partial charge in [0.05, 0.1) is 33.5 Å². The lowest BCUT2D eigenvalue weighted by Crippen LogP contribution is -2.24. The molecular formula is C27H19Cl2N7O2. The number of benzene rings is 2. The lowest BCUT2D eigenvalue weighted by atomic mass is 10.1. The molecule has 5 aromatic rings. The summed E-state index contributed by atoms with van der Waals surface area (Å²) in [5.74, 6) is -0.235. The van der Waals surface area contributed by atoms with Gasteiger partial charge in [0.25, 0.3) is 11.8 Å². The van der Waals surface area contributed by atoms with Gasteiger partial charge in [-0.25, -0.2) is 14.6 Å². The van der Waals surface area contributed by atoms with Gasteiger partial charge >= 0.3 is 0 Å². The topological polar surface area (TPSA) is 115 Å². The predicted molar refractivity (Wildman–Crippen MR) is 144 cm³/mol. The first-order valence-electron chi connectivity index (χ1n) is 11.4. The third-order valence-electron chi connectivity index (χ3n) is 5.45. The van der Waals surface area contributed by atoms with Gasteiger partial charge in [-0.2, -0.15) is 5.10 Å². The molecule has 2 amide bonds. The van der Waals surface area contributed by atoms with Crippen molar-refractivity contribution in [1.29, 1.82) is 0 Å². The van der Waals surface area contributed by atoms with E-state index < -0.39 is 11.8 Å². The zero-order chi connectivity index (χ0) is 26.5. The van der Waals surface area contributed by atoms with Gasteiger partial charge in [0, 0.05) is 30.2 Å². The average molecular weight is 544 g/mol. The summed E-state index contributed by atoms with van der Waals surface area (Å²) in [5, 5.41) is 10.5. The normalized spacial score (nSPS) is 10.7. The maximum absolute atomic E-state index is 13.4. The van der Waals surface area contributed by atoms with Crippen LogP contribution in [-0.4, -0.2) is 36.5 Å². The van der Waals surface area contributed by atoms with Crippen LogP contribution in [0.15, 0.2) is 91.4 Å². The van der Waals surface area contributed by atoms with Crippen molar-refractivity contribution in [2.24, 2.45) is 0 Å². The van der Waals surface area contributed by atoms with E-state index in [9.17, 15) is 9.59 Å². The Labute approximate surface area is 227 Å². The third kappa shape index (κ3) is 5.54. The monoisotopic (exact) mass is 543 g/mol. The number of aromatic nitrogens is 5. The van der Waals surface area contributed by atoms with E-state index >= 15 is 0 Å². The van der Waals surface area contributed by atoms with Crippen molar-refractivity contribution in [3.05, 3.63) is 119 Å². The summed E-state index contributed by atoms with van der Waals surface area (Å²) < 4.78 is 1.47. The summed E-state index contributed by atoms with van der Waals surface area (Å²) in [6.07, 6.45) is 4.82. The number of nitrogens with one attached hydrogen (secondary N) is 2. The SMILES string of the molecule is O=C(NCc1ncccn1)c1cc(NC(=O)c2cc(-c3ccccn3)c(Cl)cc2Cl)n(-c2ccccc2)n1. The number of para-hydroxylation sites is 1. The summed E-state index contributed by atoms with van der Waals surface area (Å²) in [7, 11) is 0. The molecule has 188 valence electrons. The molecule has 5 rings (SSSR count). The molecule has 9 nitrogen and oxygen atoms in total. The molecule has 0 bridgehead atoms. The number of carbonyl (C=O) groups is 2. The van der Waals surface area contributed by atoms with E-state index in [-0.39, 0.29) is 28.6 Å². The first kappa shape index (κ1) is 25.1. The Bertz CT molecular complexity index is 1590. The second kappa shape index (κ2) is 11.2. The van der Waals surface area contributed by atoms with Gasteiger partial charge < -0.3 is 10.6 Å². The van der Waals surface area contributed by atoms with Gasteiger partial charge in [0.2, 0.25) is 0 Å². The van der Waals surface area contributed by atoms with Crippen LogP contribution in [0.3, 0.4) is 0 Å². The molecule has 11 heteroatoms. The van der Waals surface area contributed by atoms with Gasteiger partial charge in [-0.15, -0.1) is 0 Å². The molecule has 2 N–H and O–H groups in total. The van der Waals surface area contributed by atoms with Crippen molar-refractivity contribution >= 4 is 40.8 Å². The van der Waals surface area contributed by atoms with Crippen molar-refractivity contribution in [2.75, 3.05) is 5.32 Å². The highest BCUT2D eigenvalue weighted by molar-refractivity contribution is 6.38. The van der Waals surface area contributed by atoms with Crippen LogP contribution >= 0.6 is 23.2 Å². The summed E-state index contributed by atoms with van der Waals surface area (Å²) in [6, 6.07) is 20.7. The molecule has 0 unspecified atom stereocenters. The lowest BCUT2D eigenvalue weighted by molar-refractivity contribution is 0.0943. The number of amides is 2. The highest BCUT2D eigenvalue weighted by atomic mass is 35.5. The van der Waals surface area contributed by atoms with Crippen LogP contribution in [0.5, 0.6) is 0 Å². The van der Waals surface area contributed by atoms with Crippen LogP contribution in [0.1, 0.15) is 26.7 Å². The Morgan fingerprint density at radius 2 is 1.53 bits per heavy atom. The predicted octanol–water partition coefficient (Wildman–Crippen LogP) is 5.21. The fourth-order valence-corrected chi connectivity index (χ4v) is 4.21. The zero-order valence-electron chi connectivity index (χ0n) is 19.7. The molecule has 0 aliphatic rings. The zero-order valence-corrected chi connectivity index (χ0v) is 21.2. The Kier molecular flexibility index (Phi) is 7.39. The largest absolute Gasteiger partial charge is 0.343 e. The van der Waals surface area contributed by atoms with Crippen molar-refractivity contribution in [1.82, 2.24) is 30.0 Å². The van der Waals surface area contributed by atoms with Crippen LogP contribution in [0, 0.1) is 0 Å². The maximum Gasteiger partial charge on any atom is 0.272 e. The van der Waals surface area contributed by atoms with E-state index in [0.29, 0.717) is 27.8 Å². The van der Waals surface area contributed by atoms with Crippen LogP contribution < -0.4 is 10.6 Å². The summed E-state index contributed by atoms with van der Waals surface area (Å²) in [5.41, 5.74) is 2.08. The quantitative estimate of drug-likeness (QED) is 0.291. The minimum Gasteiger partial charge on any atom is -0.343 e. The van der Waals surface area contributed by atoms with Crippen molar-refractivity contribution in [3.8, 4) is 16.9 Å². The van der Waals surface area contributed by atoms with Crippen LogP contribution in [-0.2, 0) is 6.54 Å². The molecule has 0 saturated heterocycles. The summed E-state index contributed by atoms with van der Waals surface area (Å²) in [6.45, 7) is 0.121. The molecule has 0 saturated carbocycles. The van der Waals surface area contributed by atoms with E-state index in [1.54, 1.807) is 55.0 Å². The van der Waals surface area contributed by atoms with Gasteiger partial charge in [0.1, 0.15) is 11.6 Å². The van der Waals surface area contributed by atoms with E-state index in [4.69, 9.17) is 23.2 Å². The van der Waals surface area contributed by atoms with Crippen LogP contribution in [0.25, 0.3) is 16.9 Å². The number of anilines is 1. The molecule has 0 aliphatic heterocycles. The number of pyridine rings is 1. The number of rotatable bonds is 7. The highest BCUT2D eigenvalue weighted by Gasteiger charge is 2.21. The highest BCUT2D eigenvalue weighted by Crippen LogP contribution is 2.32. The third-order valence-corrected chi connectivity index (χ3v) is 6.08. The van der Waals surface area contributed by atoms with Crippen LogP contribution in [0.2, 0.25) is 10.0 Å². The minimum atomic E-state index is -0.509. The van der Waals surface area contributed by atoms with E-state index in [1.807, 2.05) is 24.3 Å². The van der Waals surface area contributed by atoms with Gasteiger partial charge in [0.15, 0.2) is 5.69 Å². The summed E-state index contributed by atoms with van der Waals surface area (Å²) in [4.78, 5) is 38.8. The van der Waals surface area contributed by atoms with E-state index in [0.717, 1.165) is 0 Å². The molecule has 0 radical (unpaired) electrons. The molecule has 0 atom stereocenters. The van der Waals surface area contributed by atoms with E-state index in [2.05, 4.69) is 30.7 Å².